The van der Waals surface area contributed by atoms with Crippen LogP contribution in [0.2, 0.25) is 0 Å². The Morgan fingerprint density at radius 1 is 1.00 bits per heavy atom. The van der Waals surface area contributed by atoms with Crippen LogP contribution >= 0.6 is 0 Å². The maximum atomic E-state index is 5.95. The first kappa shape index (κ1) is 21.1. The molecule has 2 aromatic rings. The molecular weight excluding hydrogens is 380 g/mol. The van der Waals surface area contributed by atoms with Gasteiger partial charge in [-0.3, -0.25) is 4.90 Å². The zero-order valence-corrected chi connectivity index (χ0v) is 17.8. The SMILES string of the molecule is COc1cccc(CN(CC2CCCO2)CC2NNNC2c2ccccc2)c1OC. The zero-order chi connectivity index (χ0) is 20.8. The van der Waals surface area contributed by atoms with Crippen LogP contribution < -0.4 is 25.9 Å². The molecular formula is C23H32N4O3. The van der Waals surface area contributed by atoms with E-state index in [1.54, 1.807) is 14.2 Å². The van der Waals surface area contributed by atoms with Crippen molar-refractivity contribution in [2.75, 3.05) is 33.9 Å². The van der Waals surface area contributed by atoms with Crippen molar-refractivity contribution in [3.05, 3.63) is 59.7 Å². The topological polar surface area (TPSA) is 67.0 Å². The molecule has 3 N–H and O–H groups in total. The summed E-state index contributed by atoms with van der Waals surface area (Å²) in [5.41, 5.74) is 12.3. The van der Waals surface area contributed by atoms with Crippen molar-refractivity contribution in [1.82, 2.24) is 21.3 Å². The molecule has 7 heteroatoms. The molecule has 2 saturated heterocycles. The van der Waals surface area contributed by atoms with Gasteiger partial charge < -0.3 is 14.2 Å². The average Bonchev–Trinajstić information content (AvgIpc) is 3.46. The first-order valence-electron chi connectivity index (χ1n) is 10.6. The molecule has 7 nitrogen and oxygen atoms in total. The average molecular weight is 413 g/mol. The van der Waals surface area contributed by atoms with Gasteiger partial charge in [0.05, 0.1) is 32.4 Å². The fourth-order valence-corrected chi connectivity index (χ4v) is 4.40. The predicted octanol–water partition coefficient (Wildman–Crippen LogP) is 2.41. The molecule has 0 amide bonds. The fourth-order valence-electron chi connectivity index (χ4n) is 4.40. The summed E-state index contributed by atoms with van der Waals surface area (Å²) >= 11 is 0. The van der Waals surface area contributed by atoms with Gasteiger partial charge in [0.2, 0.25) is 0 Å². The van der Waals surface area contributed by atoms with Gasteiger partial charge in [0, 0.05) is 31.8 Å². The summed E-state index contributed by atoms with van der Waals surface area (Å²) in [6.07, 6.45) is 2.53. The van der Waals surface area contributed by atoms with Crippen molar-refractivity contribution in [2.45, 2.75) is 37.6 Å². The summed E-state index contributed by atoms with van der Waals surface area (Å²) in [5, 5.41) is 0. The molecule has 0 saturated carbocycles. The third kappa shape index (κ3) is 4.94. The molecule has 162 valence electrons. The van der Waals surface area contributed by atoms with Gasteiger partial charge in [-0.1, -0.05) is 42.5 Å². The minimum Gasteiger partial charge on any atom is -0.493 e. The number of hydrazine groups is 2. The molecule has 2 aliphatic rings. The summed E-state index contributed by atoms with van der Waals surface area (Å²) in [4.78, 5) is 2.45. The van der Waals surface area contributed by atoms with Gasteiger partial charge in [-0.2, -0.15) is 5.53 Å². The van der Waals surface area contributed by atoms with Crippen molar-refractivity contribution >= 4 is 0 Å². The standard InChI is InChI=1S/C23H32N4O3/c1-28-21-12-6-10-18(23(21)29-2)14-27(15-19-11-7-13-30-19)16-20-22(25-26-24-20)17-8-4-3-5-9-17/h3-6,8-10,12,19-20,22,24-26H,7,11,13-16H2,1-2H3. The largest absolute Gasteiger partial charge is 0.493 e. The quantitative estimate of drug-likeness (QED) is 0.584. The lowest BCUT2D eigenvalue weighted by Crippen LogP contribution is -2.44. The van der Waals surface area contributed by atoms with Gasteiger partial charge in [0.1, 0.15) is 0 Å². The minimum atomic E-state index is 0.186. The lowest BCUT2D eigenvalue weighted by Gasteiger charge is -2.30. The second kappa shape index (κ2) is 10.2. The van der Waals surface area contributed by atoms with Crippen LogP contribution in [0.3, 0.4) is 0 Å². The second-order valence-corrected chi connectivity index (χ2v) is 7.89. The number of nitrogens with one attached hydrogen (secondary N) is 3. The third-order valence-electron chi connectivity index (χ3n) is 5.87. The lowest BCUT2D eigenvalue weighted by atomic mass is 10.00. The van der Waals surface area contributed by atoms with E-state index in [9.17, 15) is 0 Å². The van der Waals surface area contributed by atoms with Gasteiger partial charge in [-0.15, -0.1) is 0 Å². The van der Waals surface area contributed by atoms with Crippen LogP contribution in [-0.4, -0.2) is 51.0 Å². The second-order valence-electron chi connectivity index (χ2n) is 7.89. The highest BCUT2D eigenvalue weighted by atomic mass is 16.5. The highest BCUT2D eigenvalue weighted by Gasteiger charge is 2.31. The maximum absolute atomic E-state index is 5.95. The normalized spacial score (nSPS) is 23.8. The van der Waals surface area contributed by atoms with E-state index in [1.165, 1.54) is 5.56 Å². The van der Waals surface area contributed by atoms with Gasteiger partial charge in [0.25, 0.3) is 0 Å². The van der Waals surface area contributed by atoms with E-state index in [0.717, 1.165) is 56.1 Å². The number of hydrogen-bond acceptors (Lipinski definition) is 7. The molecule has 0 aliphatic carbocycles. The summed E-state index contributed by atoms with van der Waals surface area (Å²) in [6, 6.07) is 17.0. The van der Waals surface area contributed by atoms with E-state index in [-0.39, 0.29) is 18.2 Å². The molecule has 2 aliphatic heterocycles. The molecule has 2 fully saturated rings. The number of rotatable bonds is 9. The Bertz CT molecular complexity index is 798. The number of methoxy groups -OCH3 is 2. The Morgan fingerprint density at radius 3 is 2.60 bits per heavy atom. The Labute approximate surface area is 178 Å². The number of nitrogens with zero attached hydrogens (tertiary/aromatic N) is 1. The van der Waals surface area contributed by atoms with Crippen LogP contribution in [-0.2, 0) is 11.3 Å². The van der Waals surface area contributed by atoms with Crippen molar-refractivity contribution in [2.24, 2.45) is 0 Å². The van der Waals surface area contributed by atoms with Crippen LogP contribution in [0.4, 0.5) is 0 Å². The van der Waals surface area contributed by atoms with Crippen molar-refractivity contribution < 1.29 is 14.2 Å². The molecule has 2 aromatic carbocycles. The highest BCUT2D eigenvalue weighted by molar-refractivity contribution is 5.46. The predicted molar refractivity (Wildman–Crippen MR) is 116 cm³/mol. The minimum absolute atomic E-state index is 0.186. The molecule has 0 bridgehead atoms. The first-order valence-corrected chi connectivity index (χ1v) is 10.6. The zero-order valence-electron chi connectivity index (χ0n) is 17.8. The Kier molecular flexibility index (Phi) is 7.20. The summed E-state index contributed by atoms with van der Waals surface area (Å²) in [7, 11) is 3.37. The van der Waals surface area contributed by atoms with E-state index >= 15 is 0 Å². The summed E-state index contributed by atoms with van der Waals surface area (Å²) in [5.74, 6) is 1.56. The van der Waals surface area contributed by atoms with Crippen LogP contribution in [0.1, 0.15) is 30.0 Å². The molecule has 3 atom stereocenters. The van der Waals surface area contributed by atoms with E-state index in [0.29, 0.717) is 0 Å². The smallest absolute Gasteiger partial charge is 0.165 e. The Hall–Kier alpha value is -2.16. The van der Waals surface area contributed by atoms with Crippen LogP contribution in [0.15, 0.2) is 48.5 Å². The third-order valence-corrected chi connectivity index (χ3v) is 5.87. The molecule has 2 heterocycles. The Morgan fingerprint density at radius 2 is 1.87 bits per heavy atom. The van der Waals surface area contributed by atoms with E-state index < -0.39 is 0 Å². The molecule has 0 spiro atoms. The van der Waals surface area contributed by atoms with Crippen molar-refractivity contribution in [3.63, 3.8) is 0 Å². The van der Waals surface area contributed by atoms with Crippen LogP contribution in [0.5, 0.6) is 11.5 Å². The lowest BCUT2D eigenvalue weighted by molar-refractivity contribution is 0.0664. The van der Waals surface area contributed by atoms with Gasteiger partial charge in [-0.25, -0.2) is 10.9 Å². The molecule has 30 heavy (non-hydrogen) atoms. The van der Waals surface area contributed by atoms with E-state index in [4.69, 9.17) is 14.2 Å². The van der Waals surface area contributed by atoms with Gasteiger partial charge in [-0.05, 0) is 24.5 Å². The van der Waals surface area contributed by atoms with Crippen molar-refractivity contribution in [3.8, 4) is 11.5 Å². The Balaban J connectivity index is 1.53. The highest BCUT2D eigenvalue weighted by Crippen LogP contribution is 2.32. The van der Waals surface area contributed by atoms with E-state index in [2.05, 4.69) is 51.6 Å². The maximum Gasteiger partial charge on any atom is 0.165 e. The summed E-state index contributed by atoms with van der Waals surface area (Å²) in [6.45, 7) is 3.37. The van der Waals surface area contributed by atoms with Crippen LogP contribution in [0, 0.1) is 0 Å². The van der Waals surface area contributed by atoms with E-state index in [1.807, 2.05) is 18.2 Å². The summed E-state index contributed by atoms with van der Waals surface area (Å²) < 4.78 is 17.1. The number of benzene rings is 2. The van der Waals surface area contributed by atoms with Crippen LogP contribution in [0.25, 0.3) is 0 Å². The molecule has 3 unspecified atom stereocenters. The number of hydrogen-bond donors (Lipinski definition) is 3. The molecule has 0 radical (unpaired) electrons. The first-order chi connectivity index (χ1) is 14.8. The monoisotopic (exact) mass is 412 g/mol. The number of para-hydroxylation sites is 1. The fraction of sp³-hybridized carbons (Fsp3) is 0.478. The van der Waals surface area contributed by atoms with Gasteiger partial charge >= 0.3 is 0 Å². The molecule has 0 aromatic heterocycles. The van der Waals surface area contributed by atoms with Crippen molar-refractivity contribution in [1.29, 1.82) is 0 Å². The molecule has 4 rings (SSSR count). The van der Waals surface area contributed by atoms with Gasteiger partial charge in [0.15, 0.2) is 11.5 Å². The number of ether oxygens (including phenoxy) is 3.